The van der Waals surface area contributed by atoms with Gasteiger partial charge in [0.2, 0.25) is 0 Å². The summed E-state index contributed by atoms with van der Waals surface area (Å²) in [5, 5.41) is 14.4. The van der Waals surface area contributed by atoms with Gasteiger partial charge in [-0.05, 0) is 18.4 Å². The Kier molecular flexibility index (Phi) is 3.55. The average Bonchev–Trinajstić information content (AvgIpc) is 3.26. The molecule has 0 aliphatic carbocycles. The Labute approximate surface area is 143 Å². The molecule has 0 saturated carbocycles. The SMILES string of the molecule is C[C@H]1CN(S(=O)(=O)c2cccs2)Cc2nnc(-c3cnn(C)c3)n21. The van der Waals surface area contributed by atoms with Crippen LogP contribution in [0.2, 0.25) is 0 Å². The molecular formula is C14H16N6O2S2. The maximum absolute atomic E-state index is 12.7. The fourth-order valence-corrected chi connectivity index (χ4v) is 5.57. The number of hydrogen-bond donors (Lipinski definition) is 0. The third kappa shape index (κ3) is 2.38. The smallest absolute Gasteiger partial charge is 0.253 e. The van der Waals surface area contributed by atoms with E-state index in [0.717, 1.165) is 11.4 Å². The summed E-state index contributed by atoms with van der Waals surface area (Å²) in [4.78, 5) is 0. The van der Waals surface area contributed by atoms with Gasteiger partial charge in [-0.25, -0.2) is 8.42 Å². The Morgan fingerprint density at radius 1 is 1.33 bits per heavy atom. The Morgan fingerprint density at radius 3 is 2.83 bits per heavy atom. The Morgan fingerprint density at radius 2 is 2.17 bits per heavy atom. The van der Waals surface area contributed by atoms with E-state index < -0.39 is 10.0 Å². The number of aromatic nitrogens is 5. The summed E-state index contributed by atoms with van der Waals surface area (Å²) in [5.41, 5.74) is 0.873. The molecular weight excluding hydrogens is 348 g/mol. The highest BCUT2D eigenvalue weighted by atomic mass is 32.2. The zero-order valence-electron chi connectivity index (χ0n) is 13.2. The van der Waals surface area contributed by atoms with Gasteiger partial charge in [-0.2, -0.15) is 9.40 Å². The van der Waals surface area contributed by atoms with E-state index in [1.54, 1.807) is 28.4 Å². The monoisotopic (exact) mass is 364 g/mol. The van der Waals surface area contributed by atoms with E-state index in [-0.39, 0.29) is 12.6 Å². The summed E-state index contributed by atoms with van der Waals surface area (Å²) in [5.74, 6) is 1.37. The van der Waals surface area contributed by atoms with Gasteiger partial charge in [-0.15, -0.1) is 21.5 Å². The first-order chi connectivity index (χ1) is 11.5. The fourth-order valence-electron chi connectivity index (χ4n) is 2.95. The van der Waals surface area contributed by atoms with Gasteiger partial charge in [0.15, 0.2) is 5.82 Å². The Hall–Kier alpha value is -2.04. The molecule has 126 valence electrons. The van der Waals surface area contributed by atoms with Crippen LogP contribution in [0.3, 0.4) is 0 Å². The van der Waals surface area contributed by atoms with Crippen LogP contribution in [0.1, 0.15) is 18.8 Å². The molecule has 4 rings (SSSR count). The third-order valence-electron chi connectivity index (χ3n) is 4.05. The van der Waals surface area contributed by atoms with Crippen molar-refractivity contribution in [3.63, 3.8) is 0 Å². The second-order valence-electron chi connectivity index (χ2n) is 5.79. The van der Waals surface area contributed by atoms with Gasteiger partial charge in [0.25, 0.3) is 10.0 Å². The fraction of sp³-hybridized carbons (Fsp3) is 0.357. The topological polar surface area (TPSA) is 85.9 Å². The first kappa shape index (κ1) is 15.5. The van der Waals surface area contributed by atoms with E-state index in [1.165, 1.54) is 15.6 Å². The van der Waals surface area contributed by atoms with Crippen LogP contribution >= 0.6 is 11.3 Å². The van der Waals surface area contributed by atoms with E-state index in [4.69, 9.17) is 0 Å². The second-order valence-corrected chi connectivity index (χ2v) is 8.90. The van der Waals surface area contributed by atoms with Crippen LogP contribution < -0.4 is 0 Å². The first-order valence-corrected chi connectivity index (χ1v) is 9.75. The molecule has 0 radical (unpaired) electrons. The van der Waals surface area contributed by atoms with Crippen molar-refractivity contribution >= 4 is 21.4 Å². The van der Waals surface area contributed by atoms with Crippen molar-refractivity contribution in [2.45, 2.75) is 23.7 Å². The largest absolute Gasteiger partial charge is 0.306 e. The molecule has 0 fully saturated rings. The maximum atomic E-state index is 12.7. The minimum atomic E-state index is -3.49. The minimum absolute atomic E-state index is 0.0614. The van der Waals surface area contributed by atoms with Crippen LogP contribution in [0, 0.1) is 0 Å². The third-order valence-corrected chi connectivity index (χ3v) is 7.23. The molecule has 0 unspecified atom stereocenters. The van der Waals surface area contributed by atoms with Gasteiger partial charge < -0.3 is 4.57 Å². The van der Waals surface area contributed by atoms with E-state index >= 15 is 0 Å². The van der Waals surface area contributed by atoms with Gasteiger partial charge in [0.05, 0.1) is 18.3 Å². The lowest BCUT2D eigenvalue weighted by Crippen LogP contribution is -2.40. The van der Waals surface area contributed by atoms with Crippen molar-refractivity contribution in [2.75, 3.05) is 6.54 Å². The molecule has 0 saturated heterocycles. The summed E-state index contributed by atoms with van der Waals surface area (Å²) >= 11 is 1.23. The molecule has 1 atom stereocenters. The number of nitrogens with zero attached hydrogens (tertiary/aromatic N) is 6. The lowest BCUT2D eigenvalue weighted by atomic mass is 10.2. The van der Waals surface area contributed by atoms with E-state index in [1.807, 2.05) is 24.7 Å². The van der Waals surface area contributed by atoms with Gasteiger partial charge in [0.1, 0.15) is 10.0 Å². The van der Waals surface area contributed by atoms with Crippen LogP contribution in [-0.2, 0) is 23.6 Å². The highest BCUT2D eigenvalue weighted by molar-refractivity contribution is 7.91. The van der Waals surface area contributed by atoms with Gasteiger partial charge in [-0.1, -0.05) is 6.07 Å². The quantitative estimate of drug-likeness (QED) is 0.703. The van der Waals surface area contributed by atoms with E-state index in [2.05, 4.69) is 15.3 Å². The van der Waals surface area contributed by atoms with Crippen LogP contribution in [0.5, 0.6) is 0 Å². The number of sulfonamides is 1. The van der Waals surface area contributed by atoms with Crippen molar-refractivity contribution in [3.05, 3.63) is 35.7 Å². The number of aryl methyl sites for hydroxylation is 1. The van der Waals surface area contributed by atoms with Crippen molar-refractivity contribution < 1.29 is 8.42 Å². The zero-order valence-corrected chi connectivity index (χ0v) is 14.8. The molecule has 0 amide bonds. The molecule has 0 bridgehead atoms. The lowest BCUT2D eigenvalue weighted by Gasteiger charge is -2.31. The van der Waals surface area contributed by atoms with E-state index in [0.29, 0.717) is 16.6 Å². The highest BCUT2D eigenvalue weighted by Gasteiger charge is 2.34. The maximum Gasteiger partial charge on any atom is 0.253 e. The number of thiophene rings is 1. The van der Waals surface area contributed by atoms with Crippen LogP contribution in [-0.4, -0.2) is 43.8 Å². The van der Waals surface area contributed by atoms with Crippen LogP contribution in [0.25, 0.3) is 11.4 Å². The lowest BCUT2D eigenvalue weighted by molar-refractivity contribution is 0.293. The molecule has 3 aromatic heterocycles. The predicted octanol–water partition coefficient (Wildman–Crippen LogP) is 1.51. The minimum Gasteiger partial charge on any atom is -0.306 e. The first-order valence-electron chi connectivity index (χ1n) is 7.43. The zero-order chi connectivity index (χ0) is 16.9. The van der Waals surface area contributed by atoms with Gasteiger partial charge in [0, 0.05) is 25.8 Å². The summed E-state index contributed by atoms with van der Waals surface area (Å²) in [6.07, 6.45) is 3.61. The number of fused-ring (bicyclic) bond motifs is 1. The van der Waals surface area contributed by atoms with Crippen molar-refractivity contribution in [3.8, 4) is 11.4 Å². The molecule has 24 heavy (non-hydrogen) atoms. The highest BCUT2D eigenvalue weighted by Crippen LogP contribution is 2.31. The van der Waals surface area contributed by atoms with Gasteiger partial charge >= 0.3 is 0 Å². The molecule has 4 heterocycles. The average molecular weight is 364 g/mol. The predicted molar refractivity (Wildman–Crippen MR) is 88.8 cm³/mol. The summed E-state index contributed by atoms with van der Waals surface area (Å²) in [7, 11) is -1.65. The summed E-state index contributed by atoms with van der Waals surface area (Å²) in [6, 6.07) is 3.31. The molecule has 0 aromatic carbocycles. The molecule has 0 spiro atoms. The molecule has 8 nitrogen and oxygen atoms in total. The van der Waals surface area contributed by atoms with Crippen molar-refractivity contribution in [1.82, 2.24) is 28.9 Å². The second kappa shape index (κ2) is 5.50. The Bertz CT molecular complexity index is 973. The molecule has 3 aromatic rings. The van der Waals surface area contributed by atoms with E-state index in [9.17, 15) is 8.42 Å². The van der Waals surface area contributed by atoms with Crippen LogP contribution in [0.15, 0.2) is 34.1 Å². The molecule has 0 N–H and O–H groups in total. The van der Waals surface area contributed by atoms with Crippen LogP contribution in [0.4, 0.5) is 0 Å². The normalized spacial score (nSPS) is 18.7. The molecule has 1 aliphatic rings. The Balaban J connectivity index is 1.71. The van der Waals surface area contributed by atoms with Gasteiger partial charge in [-0.3, -0.25) is 4.68 Å². The number of hydrogen-bond acceptors (Lipinski definition) is 6. The summed E-state index contributed by atoms with van der Waals surface area (Å²) < 4.78 is 31.0. The molecule has 10 heteroatoms. The standard InChI is InChI=1S/C14H16N6O2S2/c1-10-7-19(24(21,22)13-4-3-5-23-13)9-12-16-17-14(20(10)12)11-6-15-18(2)8-11/h3-6,8,10H,7,9H2,1-2H3/t10-/m0/s1. The van der Waals surface area contributed by atoms with Crippen molar-refractivity contribution in [1.29, 1.82) is 0 Å². The van der Waals surface area contributed by atoms with Crippen molar-refractivity contribution in [2.24, 2.45) is 7.05 Å². The molecule has 1 aliphatic heterocycles. The number of rotatable bonds is 3. The summed E-state index contributed by atoms with van der Waals surface area (Å²) in [6.45, 7) is 2.58.